The Kier molecular flexibility index (Phi) is 2.36. The van der Waals surface area contributed by atoms with Gasteiger partial charge >= 0.3 is 5.76 Å². The van der Waals surface area contributed by atoms with Gasteiger partial charge in [-0.1, -0.05) is 6.07 Å². The number of rotatable bonds is 2. The summed E-state index contributed by atoms with van der Waals surface area (Å²) in [7, 11) is 1.70. The summed E-state index contributed by atoms with van der Waals surface area (Å²) in [5.41, 5.74) is 8.45. The number of hydrogen-bond donors (Lipinski definition) is 1. The third-order valence-electron chi connectivity index (χ3n) is 3.96. The third kappa shape index (κ3) is 1.38. The Morgan fingerprint density at radius 3 is 2.72 bits per heavy atom. The first-order chi connectivity index (χ1) is 8.54. The molecule has 0 amide bonds. The molecule has 5 heteroatoms. The number of nitrogens with two attached hydrogens (primary N) is 1. The van der Waals surface area contributed by atoms with Crippen LogP contribution in [0.4, 0.5) is 0 Å². The molecular weight excluding hydrogens is 232 g/mol. The molecule has 1 atom stereocenters. The summed E-state index contributed by atoms with van der Waals surface area (Å²) < 4.78 is 12.0. The predicted molar refractivity (Wildman–Crippen MR) is 67.6 cm³/mol. The number of aryl methyl sites for hydroxylation is 1. The quantitative estimate of drug-likeness (QED) is 0.851. The monoisotopic (exact) mass is 248 g/mol. The second-order valence-corrected chi connectivity index (χ2v) is 5.05. The highest BCUT2D eigenvalue weighted by Crippen LogP contribution is 2.36. The van der Waals surface area contributed by atoms with E-state index in [1.54, 1.807) is 7.05 Å². The van der Waals surface area contributed by atoms with Crippen LogP contribution in [0.25, 0.3) is 11.1 Å². The zero-order chi connectivity index (χ0) is 12.9. The van der Waals surface area contributed by atoms with Crippen molar-refractivity contribution in [2.75, 3.05) is 13.2 Å². The van der Waals surface area contributed by atoms with Gasteiger partial charge in [-0.25, -0.2) is 4.79 Å². The number of hydrogen-bond acceptors (Lipinski definition) is 4. The van der Waals surface area contributed by atoms with Crippen molar-refractivity contribution in [3.63, 3.8) is 0 Å². The van der Waals surface area contributed by atoms with E-state index in [0.29, 0.717) is 18.8 Å². The minimum Gasteiger partial charge on any atom is -0.408 e. The van der Waals surface area contributed by atoms with Crippen molar-refractivity contribution in [1.82, 2.24) is 4.57 Å². The molecular formula is C13H16N2O3. The van der Waals surface area contributed by atoms with Gasteiger partial charge in [0.05, 0.1) is 24.1 Å². The zero-order valence-corrected chi connectivity index (χ0v) is 10.5. The van der Waals surface area contributed by atoms with Gasteiger partial charge in [-0.05, 0) is 24.6 Å². The van der Waals surface area contributed by atoms with Crippen molar-refractivity contribution in [1.29, 1.82) is 0 Å². The van der Waals surface area contributed by atoms with Gasteiger partial charge in [0.2, 0.25) is 0 Å². The van der Waals surface area contributed by atoms with Crippen LogP contribution < -0.4 is 11.5 Å². The third-order valence-corrected chi connectivity index (χ3v) is 3.96. The molecule has 0 radical (unpaired) electrons. The lowest BCUT2D eigenvalue weighted by Crippen LogP contribution is -2.57. The molecule has 1 aliphatic rings. The summed E-state index contributed by atoms with van der Waals surface area (Å²) in [5.74, 6) is -0.346. The lowest BCUT2D eigenvalue weighted by atomic mass is 9.73. The lowest BCUT2D eigenvalue weighted by Gasteiger charge is -2.45. The highest BCUT2D eigenvalue weighted by molar-refractivity contribution is 5.74. The molecule has 2 heterocycles. The Morgan fingerprint density at radius 1 is 1.44 bits per heavy atom. The number of fused-ring (bicyclic) bond motifs is 1. The molecule has 1 unspecified atom stereocenters. The van der Waals surface area contributed by atoms with Crippen molar-refractivity contribution in [2.45, 2.75) is 18.4 Å². The molecule has 1 fully saturated rings. The molecule has 96 valence electrons. The number of aromatic nitrogens is 1. The van der Waals surface area contributed by atoms with Gasteiger partial charge < -0.3 is 14.9 Å². The first-order valence-corrected chi connectivity index (χ1v) is 5.98. The van der Waals surface area contributed by atoms with E-state index >= 15 is 0 Å². The van der Waals surface area contributed by atoms with E-state index < -0.39 is 0 Å². The molecule has 5 nitrogen and oxygen atoms in total. The molecule has 0 bridgehead atoms. The van der Waals surface area contributed by atoms with Crippen molar-refractivity contribution in [2.24, 2.45) is 12.8 Å². The van der Waals surface area contributed by atoms with E-state index in [1.807, 2.05) is 25.1 Å². The highest BCUT2D eigenvalue weighted by Gasteiger charge is 2.43. The topological polar surface area (TPSA) is 70.4 Å². The zero-order valence-electron chi connectivity index (χ0n) is 10.5. The second kappa shape index (κ2) is 3.70. The maximum absolute atomic E-state index is 11.5. The Hall–Kier alpha value is -1.59. The maximum Gasteiger partial charge on any atom is 0.419 e. The SMILES string of the molecule is CC(N)C1(c2ccc3oc(=O)n(C)c3c2)COC1. The van der Waals surface area contributed by atoms with Crippen LogP contribution in [0.5, 0.6) is 0 Å². The van der Waals surface area contributed by atoms with Crippen LogP contribution in [0.1, 0.15) is 12.5 Å². The van der Waals surface area contributed by atoms with Crippen molar-refractivity contribution >= 4 is 11.1 Å². The Balaban J connectivity index is 2.19. The van der Waals surface area contributed by atoms with Crippen LogP contribution in [-0.2, 0) is 17.2 Å². The fourth-order valence-electron chi connectivity index (χ4n) is 2.45. The minimum atomic E-state index is -0.346. The molecule has 18 heavy (non-hydrogen) atoms. The van der Waals surface area contributed by atoms with Crippen molar-refractivity contribution in [3.05, 3.63) is 34.3 Å². The minimum absolute atomic E-state index is 0.00706. The van der Waals surface area contributed by atoms with Crippen LogP contribution in [0.15, 0.2) is 27.4 Å². The van der Waals surface area contributed by atoms with Crippen LogP contribution in [0, 0.1) is 0 Å². The molecule has 0 saturated carbocycles. The number of ether oxygens (including phenoxy) is 1. The molecule has 0 aliphatic carbocycles. The van der Waals surface area contributed by atoms with Gasteiger partial charge in [0.15, 0.2) is 5.58 Å². The van der Waals surface area contributed by atoms with E-state index in [0.717, 1.165) is 11.1 Å². The van der Waals surface area contributed by atoms with Crippen LogP contribution in [0.2, 0.25) is 0 Å². The Labute approximate surface area is 104 Å². The number of nitrogens with zero attached hydrogens (tertiary/aromatic N) is 1. The van der Waals surface area contributed by atoms with Gasteiger partial charge in [0.1, 0.15) is 0 Å². The summed E-state index contributed by atoms with van der Waals surface area (Å²) in [6.07, 6.45) is 0. The van der Waals surface area contributed by atoms with Gasteiger partial charge in [0.25, 0.3) is 0 Å². The highest BCUT2D eigenvalue weighted by atomic mass is 16.5. The molecule has 3 rings (SSSR count). The standard InChI is InChI=1S/C13H16N2O3/c1-8(14)13(6-17-7-13)9-3-4-11-10(5-9)15(2)12(16)18-11/h3-5,8H,6-7,14H2,1-2H3. The molecule has 2 N–H and O–H groups in total. The normalized spacial score (nSPS) is 19.7. The lowest BCUT2D eigenvalue weighted by molar-refractivity contribution is -0.0701. The van der Waals surface area contributed by atoms with Gasteiger partial charge in [0, 0.05) is 13.1 Å². The van der Waals surface area contributed by atoms with Crippen molar-refractivity contribution in [3.8, 4) is 0 Å². The molecule has 1 saturated heterocycles. The predicted octanol–water partition coefficient (Wildman–Crippen LogP) is 0.747. The van der Waals surface area contributed by atoms with E-state index in [2.05, 4.69) is 0 Å². The summed E-state index contributed by atoms with van der Waals surface area (Å²) in [4.78, 5) is 11.5. The molecule has 1 aromatic heterocycles. The average molecular weight is 248 g/mol. The van der Waals surface area contributed by atoms with E-state index in [1.165, 1.54) is 4.57 Å². The first-order valence-electron chi connectivity index (χ1n) is 5.98. The number of oxazole rings is 1. The smallest absolute Gasteiger partial charge is 0.408 e. The largest absolute Gasteiger partial charge is 0.419 e. The fourth-order valence-corrected chi connectivity index (χ4v) is 2.45. The summed E-state index contributed by atoms with van der Waals surface area (Å²) in [6, 6.07) is 5.78. The molecule has 1 aromatic carbocycles. The van der Waals surface area contributed by atoms with Gasteiger partial charge in [-0.2, -0.15) is 0 Å². The average Bonchev–Trinajstić information content (AvgIpc) is 2.53. The maximum atomic E-state index is 11.5. The van der Waals surface area contributed by atoms with Crippen LogP contribution in [0.3, 0.4) is 0 Å². The molecule has 2 aromatic rings. The fraction of sp³-hybridized carbons (Fsp3) is 0.462. The van der Waals surface area contributed by atoms with Gasteiger partial charge in [-0.15, -0.1) is 0 Å². The second-order valence-electron chi connectivity index (χ2n) is 5.05. The summed E-state index contributed by atoms with van der Waals surface area (Å²) in [5, 5.41) is 0. The van der Waals surface area contributed by atoms with E-state index in [4.69, 9.17) is 14.9 Å². The Bertz CT molecular complexity index is 650. The summed E-state index contributed by atoms with van der Waals surface area (Å²) >= 11 is 0. The van der Waals surface area contributed by atoms with Crippen LogP contribution in [-0.4, -0.2) is 23.8 Å². The molecule has 1 aliphatic heterocycles. The number of benzene rings is 1. The van der Waals surface area contributed by atoms with Crippen molar-refractivity contribution < 1.29 is 9.15 Å². The Morgan fingerprint density at radius 2 is 2.17 bits per heavy atom. The van der Waals surface area contributed by atoms with E-state index in [9.17, 15) is 4.79 Å². The summed E-state index contributed by atoms with van der Waals surface area (Å²) in [6.45, 7) is 3.24. The van der Waals surface area contributed by atoms with Gasteiger partial charge in [-0.3, -0.25) is 4.57 Å². The first kappa shape index (κ1) is 11.5. The van der Waals surface area contributed by atoms with E-state index in [-0.39, 0.29) is 17.2 Å². The van der Waals surface area contributed by atoms with Crippen LogP contribution >= 0.6 is 0 Å². The molecule has 0 spiro atoms.